The Kier molecular flexibility index (Phi) is 6.81. The number of hydrogen-bond acceptors (Lipinski definition) is 6. The number of hydrogen-bond donors (Lipinski definition) is 4. The van der Waals surface area contributed by atoms with Crippen molar-refractivity contribution in [2.75, 3.05) is 11.9 Å². The highest BCUT2D eigenvalue weighted by Gasteiger charge is 2.34. The third-order valence-electron chi connectivity index (χ3n) is 6.39. The molecule has 1 heterocycles. The van der Waals surface area contributed by atoms with Gasteiger partial charge in [-0.2, -0.15) is 0 Å². The molecule has 1 fully saturated rings. The van der Waals surface area contributed by atoms with E-state index >= 15 is 0 Å². The molecule has 33 heavy (non-hydrogen) atoms. The molecule has 178 valence electrons. The maximum atomic E-state index is 12.6. The summed E-state index contributed by atoms with van der Waals surface area (Å²) in [4.78, 5) is 4.54. The van der Waals surface area contributed by atoms with Gasteiger partial charge in [-0.15, -0.1) is 13.2 Å². The minimum atomic E-state index is -4.70. The number of halogens is 3. The van der Waals surface area contributed by atoms with Gasteiger partial charge in [0.15, 0.2) is 5.79 Å². The molecular formula is C24H30F3N5O. The molecule has 1 atom stereocenters. The number of alkyl halides is 3. The maximum absolute atomic E-state index is 12.6. The highest BCUT2D eigenvalue weighted by molar-refractivity contribution is 6.04. The standard InChI is InChI=1S/C24H30F3N5O/c25-24(26,27)33-21-8-4-1-5-18(21)15-30-14-17-11-9-16(10-12-17)13-23(29)31-20-7-3-2-6-19(20)22(28)32-23/h1-8,16-17,30-31H,9-15,29H2,(H2,28,32). The zero-order valence-electron chi connectivity index (χ0n) is 18.4. The summed E-state index contributed by atoms with van der Waals surface area (Å²) in [7, 11) is 0. The molecule has 0 saturated heterocycles. The summed E-state index contributed by atoms with van der Waals surface area (Å²) in [6.45, 7) is 1.08. The van der Waals surface area contributed by atoms with Crippen molar-refractivity contribution in [1.29, 1.82) is 0 Å². The van der Waals surface area contributed by atoms with Gasteiger partial charge in [0.05, 0.1) is 0 Å². The first-order valence-electron chi connectivity index (χ1n) is 11.3. The van der Waals surface area contributed by atoms with Crippen molar-refractivity contribution in [3.05, 3.63) is 59.7 Å². The van der Waals surface area contributed by atoms with Gasteiger partial charge in [-0.1, -0.05) is 30.3 Å². The molecule has 1 aliphatic heterocycles. The van der Waals surface area contributed by atoms with E-state index in [0.29, 0.717) is 36.2 Å². The van der Waals surface area contributed by atoms with Crippen LogP contribution in [0.1, 0.15) is 43.2 Å². The Balaban J connectivity index is 1.24. The van der Waals surface area contributed by atoms with E-state index in [2.05, 4.69) is 20.4 Å². The van der Waals surface area contributed by atoms with Crippen LogP contribution in [0, 0.1) is 11.8 Å². The molecule has 0 amide bonds. The minimum absolute atomic E-state index is 0.157. The number of nitrogens with zero attached hydrogens (tertiary/aromatic N) is 1. The van der Waals surface area contributed by atoms with Crippen molar-refractivity contribution in [3.63, 3.8) is 0 Å². The molecule has 1 saturated carbocycles. The Bertz CT molecular complexity index is 988. The fourth-order valence-electron chi connectivity index (χ4n) is 4.81. The monoisotopic (exact) mass is 461 g/mol. The Morgan fingerprint density at radius 3 is 2.45 bits per heavy atom. The van der Waals surface area contributed by atoms with Gasteiger partial charge >= 0.3 is 6.36 Å². The van der Waals surface area contributed by atoms with Gasteiger partial charge < -0.3 is 21.1 Å². The highest BCUT2D eigenvalue weighted by atomic mass is 19.4. The van der Waals surface area contributed by atoms with E-state index < -0.39 is 12.1 Å². The van der Waals surface area contributed by atoms with Crippen molar-refractivity contribution in [2.45, 2.75) is 50.8 Å². The molecule has 1 aliphatic carbocycles. The first-order valence-corrected chi connectivity index (χ1v) is 11.3. The minimum Gasteiger partial charge on any atom is -0.405 e. The first kappa shape index (κ1) is 23.4. The van der Waals surface area contributed by atoms with Crippen LogP contribution in [-0.2, 0) is 6.54 Å². The molecular weight excluding hydrogens is 431 g/mol. The van der Waals surface area contributed by atoms with Crippen molar-refractivity contribution in [1.82, 2.24) is 5.32 Å². The van der Waals surface area contributed by atoms with E-state index in [0.717, 1.165) is 43.5 Å². The highest BCUT2D eigenvalue weighted by Crippen LogP contribution is 2.36. The predicted molar refractivity (Wildman–Crippen MR) is 123 cm³/mol. The van der Waals surface area contributed by atoms with E-state index in [1.54, 1.807) is 12.1 Å². The van der Waals surface area contributed by atoms with E-state index in [-0.39, 0.29) is 5.75 Å². The predicted octanol–water partition coefficient (Wildman–Crippen LogP) is 4.31. The zero-order valence-corrected chi connectivity index (χ0v) is 18.4. The topological polar surface area (TPSA) is 97.7 Å². The summed E-state index contributed by atoms with van der Waals surface area (Å²) in [5.41, 5.74) is 15.0. The van der Waals surface area contributed by atoms with Crippen LogP contribution < -0.4 is 26.8 Å². The summed E-state index contributed by atoms with van der Waals surface area (Å²) in [6.07, 6.45) is 0.118. The van der Waals surface area contributed by atoms with Crippen LogP contribution in [0.25, 0.3) is 0 Å². The first-order chi connectivity index (χ1) is 15.7. The van der Waals surface area contributed by atoms with E-state index in [1.165, 1.54) is 12.1 Å². The third kappa shape index (κ3) is 6.17. The van der Waals surface area contributed by atoms with Crippen molar-refractivity contribution >= 4 is 11.5 Å². The SMILES string of the molecule is NC1=NC(N)(CC2CCC(CNCc3ccccc3OC(F)(F)F)CC2)Nc2ccccc21. The maximum Gasteiger partial charge on any atom is 0.573 e. The number of para-hydroxylation sites is 2. The number of amidine groups is 1. The lowest BCUT2D eigenvalue weighted by atomic mass is 9.79. The molecule has 6 nitrogen and oxygen atoms in total. The smallest absolute Gasteiger partial charge is 0.405 e. The largest absolute Gasteiger partial charge is 0.573 e. The average molecular weight is 462 g/mol. The second-order valence-corrected chi connectivity index (χ2v) is 8.97. The summed E-state index contributed by atoms with van der Waals surface area (Å²) in [5, 5.41) is 6.64. The van der Waals surface area contributed by atoms with Gasteiger partial charge in [-0.3, -0.25) is 5.73 Å². The molecule has 2 aromatic rings. The van der Waals surface area contributed by atoms with E-state index in [1.807, 2.05) is 24.3 Å². The lowest BCUT2D eigenvalue weighted by Gasteiger charge is -2.37. The lowest BCUT2D eigenvalue weighted by Crippen LogP contribution is -2.51. The molecule has 0 radical (unpaired) electrons. The van der Waals surface area contributed by atoms with Gasteiger partial charge in [-0.25, -0.2) is 4.99 Å². The average Bonchev–Trinajstić information content (AvgIpc) is 2.75. The third-order valence-corrected chi connectivity index (χ3v) is 6.39. The second-order valence-electron chi connectivity index (χ2n) is 8.97. The van der Waals surface area contributed by atoms with E-state index in [4.69, 9.17) is 11.5 Å². The van der Waals surface area contributed by atoms with Gasteiger partial charge in [0.2, 0.25) is 0 Å². The van der Waals surface area contributed by atoms with Crippen LogP contribution in [0.3, 0.4) is 0 Å². The van der Waals surface area contributed by atoms with Gasteiger partial charge in [0.25, 0.3) is 0 Å². The lowest BCUT2D eigenvalue weighted by molar-refractivity contribution is -0.274. The summed E-state index contributed by atoms with van der Waals surface area (Å²) < 4.78 is 41.9. The summed E-state index contributed by atoms with van der Waals surface area (Å²) in [5.74, 6) is 0.298. The molecule has 4 rings (SSSR count). The molecule has 1 unspecified atom stereocenters. The number of rotatable bonds is 7. The normalized spacial score (nSPS) is 25.0. The Morgan fingerprint density at radius 2 is 1.70 bits per heavy atom. The molecule has 0 aromatic heterocycles. The van der Waals surface area contributed by atoms with Crippen molar-refractivity contribution in [2.24, 2.45) is 28.3 Å². The molecule has 2 aromatic carbocycles. The fourth-order valence-corrected chi connectivity index (χ4v) is 4.81. The van der Waals surface area contributed by atoms with Crippen molar-refractivity contribution < 1.29 is 17.9 Å². The summed E-state index contributed by atoms with van der Waals surface area (Å²) in [6, 6.07) is 14.0. The Morgan fingerprint density at radius 1 is 1.03 bits per heavy atom. The Labute approximate surface area is 191 Å². The Hall–Kier alpha value is -2.78. The van der Waals surface area contributed by atoms with Crippen LogP contribution in [0.5, 0.6) is 5.75 Å². The van der Waals surface area contributed by atoms with Crippen LogP contribution in [0.4, 0.5) is 18.9 Å². The molecule has 9 heteroatoms. The van der Waals surface area contributed by atoms with Gasteiger partial charge in [0.1, 0.15) is 11.6 Å². The molecule has 0 bridgehead atoms. The zero-order chi connectivity index (χ0) is 23.5. The van der Waals surface area contributed by atoms with Crippen LogP contribution in [0.15, 0.2) is 53.5 Å². The number of ether oxygens (including phenoxy) is 1. The number of fused-ring (bicyclic) bond motifs is 1. The fraction of sp³-hybridized carbons (Fsp3) is 0.458. The van der Waals surface area contributed by atoms with Gasteiger partial charge in [-0.05, 0) is 62.3 Å². The van der Waals surface area contributed by atoms with Crippen LogP contribution in [-0.4, -0.2) is 24.5 Å². The number of aliphatic imine (C=N–C) groups is 1. The van der Waals surface area contributed by atoms with Crippen molar-refractivity contribution in [3.8, 4) is 5.75 Å². The second kappa shape index (κ2) is 9.61. The van der Waals surface area contributed by atoms with E-state index in [9.17, 15) is 13.2 Å². The van der Waals surface area contributed by atoms with Crippen LogP contribution >= 0.6 is 0 Å². The number of nitrogens with two attached hydrogens (primary N) is 2. The van der Waals surface area contributed by atoms with Gasteiger partial charge in [0, 0.05) is 29.8 Å². The molecule has 0 spiro atoms. The quantitative estimate of drug-likeness (QED) is 0.493. The number of benzene rings is 2. The number of anilines is 1. The molecule has 6 N–H and O–H groups in total. The molecule has 2 aliphatic rings. The van der Waals surface area contributed by atoms with Crippen LogP contribution in [0.2, 0.25) is 0 Å². The summed E-state index contributed by atoms with van der Waals surface area (Å²) >= 11 is 0. The number of nitrogens with one attached hydrogen (secondary N) is 2.